The van der Waals surface area contributed by atoms with Crippen LogP contribution in [0.15, 0.2) is 17.0 Å². The fourth-order valence-corrected chi connectivity index (χ4v) is 2.37. The van der Waals surface area contributed by atoms with Gasteiger partial charge in [-0.05, 0) is 25.3 Å². The van der Waals surface area contributed by atoms with Gasteiger partial charge < -0.3 is 14.4 Å². The van der Waals surface area contributed by atoms with Gasteiger partial charge in [-0.1, -0.05) is 12.1 Å². The molecule has 0 spiro atoms. The van der Waals surface area contributed by atoms with E-state index >= 15 is 0 Å². The van der Waals surface area contributed by atoms with E-state index in [2.05, 4.69) is 27.4 Å². The molecule has 2 aromatic heterocycles. The second kappa shape index (κ2) is 5.13. The van der Waals surface area contributed by atoms with Gasteiger partial charge in [0.1, 0.15) is 5.69 Å². The molecule has 1 aliphatic carbocycles. The number of hydrogen-bond donors (Lipinski definition) is 1. The number of aryl methyl sites for hydroxylation is 1. The van der Waals surface area contributed by atoms with E-state index in [-0.39, 0.29) is 0 Å². The first kappa shape index (κ1) is 12.3. The van der Waals surface area contributed by atoms with Crippen LogP contribution in [0.1, 0.15) is 25.7 Å². The number of hydrogen-bond acceptors (Lipinski definition) is 5. The molecule has 6 heteroatoms. The maximum Gasteiger partial charge on any atom is 0.228 e. The molecule has 0 aromatic carbocycles. The van der Waals surface area contributed by atoms with Crippen LogP contribution in [0.25, 0.3) is 11.5 Å². The van der Waals surface area contributed by atoms with Crippen LogP contribution in [-0.2, 0) is 13.5 Å². The third-order valence-corrected chi connectivity index (χ3v) is 3.57. The molecule has 0 aliphatic heterocycles. The zero-order chi connectivity index (χ0) is 13.2. The van der Waals surface area contributed by atoms with E-state index in [4.69, 9.17) is 4.52 Å². The molecular formula is C13H19N5O. The van der Waals surface area contributed by atoms with Gasteiger partial charge in [0.05, 0.1) is 12.5 Å². The highest BCUT2D eigenvalue weighted by Gasteiger charge is 2.32. The lowest BCUT2D eigenvalue weighted by Crippen LogP contribution is -2.33. The summed E-state index contributed by atoms with van der Waals surface area (Å²) >= 11 is 0. The van der Waals surface area contributed by atoms with Gasteiger partial charge >= 0.3 is 0 Å². The summed E-state index contributed by atoms with van der Waals surface area (Å²) in [6.07, 6.45) is 6.90. The first-order valence-corrected chi connectivity index (χ1v) is 6.80. The van der Waals surface area contributed by atoms with Crippen LogP contribution in [0, 0.1) is 5.92 Å². The molecule has 2 heterocycles. The monoisotopic (exact) mass is 261 g/mol. The summed E-state index contributed by atoms with van der Waals surface area (Å²) in [6, 6.07) is 0.463. The summed E-state index contributed by atoms with van der Waals surface area (Å²) in [7, 11) is 1.92. The number of rotatable bonds is 6. The Balaban J connectivity index is 1.72. The molecule has 0 radical (unpaired) electrons. The van der Waals surface area contributed by atoms with E-state index in [9.17, 15) is 0 Å². The highest BCUT2D eigenvalue weighted by Crippen LogP contribution is 2.34. The molecule has 3 rings (SSSR count). The molecule has 6 nitrogen and oxygen atoms in total. The zero-order valence-electron chi connectivity index (χ0n) is 11.3. The van der Waals surface area contributed by atoms with Crippen LogP contribution in [-0.4, -0.2) is 32.3 Å². The number of imidazole rings is 1. The standard InChI is InChI=1S/C13H19N5O/c1-3-15-10(9-4-5-9)6-12-16-13(17-19-12)11-7-14-8-18(11)2/h7-10,15H,3-6H2,1-2H3. The lowest BCUT2D eigenvalue weighted by atomic mass is 10.1. The minimum absolute atomic E-state index is 0.463. The minimum Gasteiger partial charge on any atom is -0.339 e. The van der Waals surface area contributed by atoms with E-state index in [1.54, 1.807) is 12.5 Å². The van der Waals surface area contributed by atoms with Gasteiger partial charge in [0.25, 0.3) is 0 Å². The molecule has 1 saturated carbocycles. The average Bonchev–Trinajstić information content (AvgIpc) is 3.00. The van der Waals surface area contributed by atoms with Crippen molar-refractivity contribution in [2.75, 3.05) is 6.54 Å². The molecule has 1 fully saturated rings. The number of nitrogens with zero attached hydrogens (tertiary/aromatic N) is 4. The van der Waals surface area contributed by atoms with Gasteiger partial charge in [-0.3, -0.25) is 0 Å². The van der Waals surface area contributed by atoms with Crippen LogP contribution in [0.5, 0.6) is 0 Å². The number of aromatic nitrogens is 4. The van der Waals surface area contributed by atoms with Gasteiger partial charge in [-0.15, -0.1) is 0 Å². The van der Waals surface area contributed by atoms with Crippen molar-refractivity contribution in [2.45, 2.75) is 32.2 Å². The third-order valence-electron chi connectivity index (χ3n) is 3.57. The van der Waals surface area contributed by atoms with Gasteiger partial charge in [0.2, 0.25) is 11.7 Å². The predicted molar refractivity (Wildman–Crippen MR) is 70.4 cm³/mol. The molecule has 1 unspecified atom stereocenters. The average molecular weight is 261 g/mol. The van der Waals surface area contributed by atoms with Gasteiger partial charge in [-0.2, -0.15) is 4.98 Å². The van der Waals surface area contributed by atoms with Crippen LogP contribution in [0.2, 0.25) is 0 Å². The van der Waals surface area contributed by atoms with Crippen molar-refractivity contribution < 1.29 is 4.52 Å². The maximum atomic E-state index is 5.36. The Bertz CT molecular complexity index is 543. The summed E-state index contributed by atoms with van der Waals surface area (Å²) in [6.45, 7) is 3.11. The van der Waals surface area contributed by atoms with E-state index in [1.807, 2.05) is 11.6 Å². The normalized spacial score (nSPS) is 16.7. The smallest absolute Gasteiger partial charge is 0.228 e. The number of likely N-dealkylation sites (N-methyl/N-ethyl adjacent to an activating group) is 1. The van der Waals surface area contributed by atoms with E-state index in [0.717, 1.165) is 24.6 Å². The summed E-state index contributed by atoms with van der Waals surface area (Å²) < 4.78 is 7.24. The van der Waals surface area contributed by atoms with Gasteiger partial charge in [0.15, 0.2) is 0 Å². The Kier molecular flexibility index (Phi) is 3.33. The van der Waals surface area contributed by atoms with Crippen LogP contribution in [0.4, 0.5) is 0 Å². The van der Waals surface area contributed by atoms with Crippen LogP contribution < -0.4 is 5.32 Å². The van der Waals surface area contributed by atoms with Crippen LogP contribution >= 0.6 is 0 Å². The van der Waals surface area contributed by atoms with E-state index in [0.29, 0.717) is 17.8 Å². The summed E-state index contributed by atoms with van der Waals surface area (Å²) in [5.74, 6) is 2.09. The third kappa shape index (κ3) is 2.68. The molecule has 102 valence electrons. The lowest BCUT2D eigenvalue weighted by molar-refractivity contribution is 0.348. The molecule has 1 N–H and O–H groups in total. The molecule has 0 bridgehead atoms. The Hall–Kier alpha value is -1.69. The Morgan fingerprint density at radius 3 is 3.00 bits per heavy atom. The number of nitrogens with one attached hydrogen (secondary N) is 1. The molecular weight excluding hydrogens is 242 g/mol. The van der Waals surface area contributed by atoms with Gasteiger partial charge in [-0.25, -0.2) is 4.98 Å². The van der Waals surface area contributed by atoms with Crippen molar-refractivity contribution in [1.29, 1.82) is 0 Å². The molecule has 0 amide bonds. The van der Waals surface area contributed by atoms with Crippen molar-refractivity contribution in [3.05, 3.63) is 18.4 Å². The van der Waals surface area contributed by atoms with Crippen molar-refractivity contribution >= 4 is 0 Å². The second-order valence-electron chi connectivity index (χ2n) is 5.11. The van der Waals surface area contributed by atoms with Crippen LogP contribution in [0.3, 0.4) is 0 Å². The fraction of sp³-hybridized carbons (Fsp3) is 0.615. The Morgan fingerprint density at radius 1 is 1.53 bits per heavy atom. The first-order chi connectivity index (χ1) is 9.28. The van der Waals surface area contributed by atoms with E-state index in [1.165, 1.54) is 12.8 Å². The van der Waals surface area contributed by atoms with Gasteiger partial charge in [0, 0.05) is 19.5 Å². The molecule has 19 heavy (non-hydrogen) atoms. The summed E-state index contributed by atoms with van der Waals surface area (Å²) in [5.41, 5.74) is 0.876. The molecule has 1 atom stereocenters. The highest BCUT2D eigenvalue weighted by atomic mass is 16.5. The Labute approximate surface area is 112 Å². The zero-order valence-corrected chi connectivity index (χ0v) is 11.3. The summed E-state index contributed by atoms with van der Waals surface area (Å²) in [4.78, 5) is 8.53. The SMILES string of the molecule is CCNC(Cc1nc(-c2cncn2C)no1)C1CC1. The fourth-order valence-electron chi connectivity index (χ4n) is 2.37. The van der Waals surface area contributed by atoms with E-state index < -0.39 is 0 Å². The second-order valence-corrected chi connectivity index (χ2v) is 5.11. The first-order valence-electron chi connectivity index (χ1n) is 6.80. The van der Waals surface area contributed by atoms with Crippen molar-refractivity contribution in [1.82, 2.24) is 25.0 Å². The predicted octanol–water partition coefficient (Wildman–Crippen LogP) is 1.40. The lowest BCUT2D eigenvalue weighted by Gasteiger charge is -2.14. The summed E-state index contributed by atoms with van der Waals surface area (Å²) in [5, 5.41) is 7.54. The maximum absolute atomic E-state index is 5.36. The van der Waals surface area contributed by atoms with Crippen molar-refractivity contribution in [3.63, 3.8) is 0 Å². The molecule has 1 aliphatic rings. The quantitative estimate of drug-likeness (QED) is 0.851. The topological polar surface area (TPSA) is 68.8 Å². The minimum atomic E-state index is 0.463. The molecule has 2 aromatic rings. The highest BCUT2D eigenvalue weighted by molar-refractivity contribution is 5.47. The molecule has 0 saturated heterocycles. The van der Waals surface area contributed by atoms with Crippen molar-refractivity contribution in [3.8, 4) is 11.5 Å². The Morgan fingerprint density at radius 2 is 2.37 bits per heavy atom. The largest absolute Gasteiger partial charge is 0.339 e. The van der Waals surface area contributed by atoms with Crippen molar-refractivity contribution in [2.24, 2.45) is 13.0 Å².